The molecule has 0 atom stereocenters. The molecule has 94 valence electrons. The second-order valence-electron chi connectivity index (χ2n) is 4.12. The van der Waals surface area contributed by atoms with Gasteiger partial charge in [-0.25, -0.2) is 9.37 Å². The van der Waals surface area contributed by atoms with Gasteiger partial charge in [0.15, 0.2) is 0 Å². The molecule has 0 spiro atoms. The molecule has 1 aromatic carbocycles. The van der Waals surface area contributed by atoms with E-state index in [0.717, 1.165) is 10.6 Å². The van der Waals surface area contributed by atoms with Gasteiger partial charge in [0, 0.05) is 20.5 Å². The van der Waals surface area contributed by atoms with E-state index in [1.807, 2.05) is 0 Å². The number of thiazole rings is 1. The first-order valence-corrected chi connectivity index (χ1v) is 6.28. The molecule has 2 rings (SSSR count). The highest BCUT2D eigenvalue weighted by molar-refractivity contribution is 7.13. The number of benzene rings is 1. The van der Waals surface area contributed by atoms with E-state index in [2.05, 4.69) is 4.98 Å². The lowest BCUT2D eigenvalue weighted by atomic mass is 10.2. The zero-order chi connectivity index (χ0) is 13.1. The average molecular weight is 264 g/mol. The van der Waals surface area contributed by atoms with Gasteiger partial charge in [-0.2, -0.15) is 0 Å². The van der Waals surface area contributed by atoms with Crippen molar-refractivity contribution in [2.75, 3.05) is 14.1 Å². The number of rotatable bonds is 3. The highest BCUT2D eigenvalue weighted by Gasteiger charge is 2.12. The van der Waals surface area contributed by atoms with Crippen LogP contribution >= 0.6 is 11.3 Å². The Morgan fingerprint density at radius 3 is 2.61 bits per heavy atom. The Labute approximate surface area is 109 Å². The van der Waals surface area contributed by atoms with Crippen molar-refractivity contribution in [2.45, 2.75) is 6.42 Å². The molecule has 18 heavy (non-hydrogen) atoms. The van der Waals surface area contributed by atoms with Crippen LogP contribution in [0.2, 0.25) is 0 Å². The number of amides is 1. The van der Waals surface area contributed by atoms with Crippen LogP contribution in [0.25, 0.3) is 0 Å². The molecule has 1 heterocycles. The van der Waals surface area contributed by atoms with E-state index < -0.39 is 0 Å². The molecule has 0 aliphatic heterocycles. The minimum Gasteiger partial charge on any atom is -0.344 e. The molecule has 1 amide bonds. The van der Waals surface area contributed by atoms with E-state index in [1.54, 1.807) is 32.4 Å². The van der Waals surface area contributed by atoms with Crippen LogP contribution in [0.4, 0.5) is 4.39 Å². The summed E-state index contributed by atoms with van der Waals surface area (Å²) >= 11 is 1.37. The average Bonchev–Trinajstić information content (AvgIpc) is 2.79. The van der Waals surface area contributed by atoms with Gasteiger partial charge in [-0.1, -0.05) is 12.1 Å². The van der Waals surface area contributed by atoms with Crippen LogP contribution in [-0.2, 0) is 6.42 Å². The maximum absolute atomic E-state index is 12.8. The number of hydrogen-bond acceptors (Lipinski definition) is 3. The van der Waals surface area contributed by atoms with Crippen LogP contribution in [-0.4, -0.2) is 29.9 Å². The zero-order valence-corrected chi connectivity index (χ0v) is 11.0. The summed E-state index contributed by atoms with van der Waals surface area (Å²) in [4.78, 5) is 18.1. The Hall–Kier alpha value is -1.75. The molecule has 0 saturated carbocycles. The third-order valence-corrected chi connectivity index (χ3v) is 3.42. The highest BCUT2D eigenvalue weighted by atomic mass is 32.1. The van der Waals surface area contributed by atoms with Gasteiger partial charge in [0.1, 0.15) is 10.7 Å². The fourth-order valence-electron chi connectivity index (χ4n) is 1.49. The Balaban J connectivity index is 2.11. The van der Waals surface area contributed by atoms with Gasteiger partial charge < -0.3 is 4.90 Å². The smallest absolute Gasteiger partial charge is 0.265 e. The lowest BCUT2D eigenvalue weighted by Gasteiger charge is -2.06. The van der Waals surface area contributed by atoms with Crippen molar-refractivity contribution < 1.29 is 9.18 Å². The molecule has 3 nitrogen and oxygen atoms in total. The van der Waals surface area contributed by atoms with Gasteiger partial charge in [0.2, 0.25) is 0 Å². The quantitative estimate of drug-likeness (QED) is 0.853. The minimum atomic E-state index is -0.249. The Bertz CT molecular complexity index is 548. The number of halogens is 1. The van der Waals surface area contributed by atoms with Gasteiger partial charge >= 0.3 is 0 Å². The van der Waals surface area contributed by atoms with Gasteiger partial charge in [-0.05, 0) is 17.7 Å². The molecule has 0 bridgehead atoms. The lowest BCUT2D eigenvalue weighted by molar-refractivity contribution is 0.0832. The number of nitrogens with zero attached hydrogens (tertiary/aromatic N) is 2. The summed E-state index contributed by atoms with van der Waals surface area (Å²) in [5.74, 6) is -0.292. The zero-order valence-electron chi connectivity index (χ0n) is 10.2. The van der Waals surface area contributed by atoms with Gasteiger partial charge in [0.05, 0.1) is 11.2 Å². The molecule has 1 aromatic heterocycles. The number of hydrogen-bond donors (Lipinski definition) is 0. The van der Waals surface area contributed by atoms with Crippen LogP contribution < -0.4 is 0 Å². The van der Waals surface area contributed by atoms with E-state index >= 15 is 0 Å². The third-order valence-electron chi connectivity index (χ3n) is 2.44. The summed E-state index contributed by atoms with van der Waals surface area (Å²) in [6, 6.07) is 6.30. The van der Waals surface area contributed by atoms with Crippen molar-refractivity contribution in [3.8, 4) is 0 Å². The van der Waals surface area contributed by atoms with Crippen molar-refractivity contribution >= 4 is 17.2 Å². The van der Waals surface area contributed by atoms with Crippen LogP contribution in [0, 0.1) is 5.82 Å². The van der Waals surface area contributed by atoms with E-state index in [0.29, 0.717) is 11.3 Å². The standard InChI is InChI=1S/C13H13FN2OS/c1-16(2)13(17)11-8-15-12(18-11)7-9-3-5-10(14)6-4-9/h3-6,8H,7H2,1-2H3. The normalized spacial score (nSPS) is 10.4. The van der Waals surface area contributed by atoms with Crippen LogP contribution in [0.15, 0.2) is 30.5 Å². The molecular weight excluding hydrogens is 251 g/mol. The molecule has 0 fully saturated rings. The van der Waals surface area contributed by atoms with Crippen LogP contribution in [0.1, 0.15) is 20.2 Å². The highest BCUT2D eigenvalue weighted by Crippen LogP contribution is 2.18. The largest absolute Gasteiger partial charge is 0.344 e. The van der Waals surface area contributed by atoms with Crippen molar-refractivity contribution in [2.24, 2.45) is 0 Å². The maximum Gasteiger partial charge on any atom is 0.265 e. The predicted octanol–water partition coefficient (Wildman–Crippen LogP) is 2.57. The van der Waals surface area contributed by atoms with Crippen molar-refractivity contribution in [3.05, 3.63) is 51.7 Å². The Morgan fingerprint density at radius 2 is 2.00 bits per heavy atom. The molecule has 0 aliphatic carbocycles. The topological polar surface area (TPSA) is 33.2 Å². The second kappa shape index (κ2) is 5.27. The third kappa shape index (κ3) is 2.92. The predicted molar refractivity (Wildman–Crippen MR) is 69.3 cm³/mol. The summed E-state index contributed by atoms with van der Waals surface area (Å²) in [5, 5.41) is 0.854. The first-order valence-electron chi connectivity index (χ1n) is 5.47. The lowest BCUT2D eigenvalue weighted by Crippen LogP contribution is -2.20. The summed E-state index contributed by atoms with van der Waals surface area (Å²) in [7, 11) is 3.42. The van der Waals surface area contributed by atoms with Crippen LogP contribution in [0.5, 0.6) is 0 Å². The minimum absolute atomic E-state index is 0.0437. The van der Waals surface area contributed by atoms with Crippen molar-refractivity contribution in [3.63, 3.8) is 0 Å². The van der Waals surface area contributed by atoms with Crippen LogP contribution in [0.3, 0.4) is 0 Å². The van der Waals surface area contributed by atoms with Gasteiger partial charge in [-0.3, -0.25) is 4.79 Å². The SMILES string of the molecule is CN(C)C(=O)c1cnc(Cc2ccc(F)cc2)s1. The summed E-state index contributed by atoms with van der Waals surface area (Å²) in [6.45, 7) is 0. The number of aromatic nitrogens is 1. The van der Waals surface area contributed by atoms with E-state index in [-0.39, 0.29) is 11.7 Å². The second-order valence-corrected chi connectivity index (χ2v) is 5.24. The summed E-state index contributed by atoms with van der Waals surface area (Å²) in [5.41, 5.74) is 0.981. The van der Waals surface area contributed by atoms with E-state index in [4.69, 9.17) is 0 Å². The van der Waals surface area contributed by atoms with Gasteiger partial charge in [0.25, 0.3) is 5.91 Å². The molecule has 0 aliphatic rings. The fraction of sp³-hybridized carbons (Fsp3) is 0.231. The van der Waals surface area contributed by atoms with Crippen molar-refractivity contribution in [1.29, 1.82) is 0 Å². The molecule has 5 heteroatoms. The van der Waals surface area contributed by atoms with E-state index in [1.165, 1.54) is 28.4 Å². The molecule has 0 unspecified atom stereocenters. The van der Waals surface area contributed by atoms with E-state index in [9.17, 15) is 9.18 Å². The molecule has 2 aromatic rings. The monoisotopic (exact) mass is 264 g/mol. The summed E-state index contributed by atoms with van der Waals surface area (Å²) in [6.07, 6.45) is 2.21. The molecule has 0 saturated heterocycles. The Kier molecular flexibility index (Phi) is 3.72. The molecule has 0 N–H and O–H groups in total. The van der Waals surface area contributed by atoms with Gasteiger partial charge in [-0.15, -0.1) is 11.3 Å². The summed E-state index contributed by atoms with van der Waals surface area (Å²) < 4.78 is 12.8. The van der Waals surface area contributed by atoms with Crippen molar-refractivity contribution in [1.82, 2.24) is 9.88 Å². The Morgan fingerprint density at radius 1 is 1.33 bits per heavy atom. The molecular formula is C13H13FN2OS. The first-order chi connectivity index (χ1) is 8.56. The maximum atomic E-state index is 12.8. The number of carbonyl (C=O) groups is 1. The number of carbonyl (C=O) groups excluding carboxylic acids is 1. The fourth-order valence-corrected chi connectivity index (χ4v) is 2.46. The first kappa shape index (κ1) is 12.7. The molecule has 0 radical (unpaired) electrons.